The molecule has 0 unspecified atom stereocenters. The molecule has 31 heavy (non-hydrogen) atoms. The molecule has 3 aromatic carbocycles. The number of aryl methyl sites for hydroxylation is 4. The summed E-state index contributed by atoms with van der Waals surface area (Å²) in [5.74, 6) is 1.14. The van der Waals surface area contributed by atoms with E-state index in [1.807, 2.05) is 0 Å². The standard InChI is InChI=1S/C28H26N3/c1-16-9-8-12-23-27(16)17(2)13-24(30(23)5)21-15-25-28(19(4)18(21)3)29-26-14-20-10-6-7-11-22(20)31(25)26/h6-13,15H,14H2,1-5H3/q+1. The van der Waals surface area contributed by atoms with Crippen LogP contribution in [0.15, 0.2) is 54.6 Å². The minimum absolute atomic E-state index is 0.904. The molecule has 0 fully saturated rings. The van der Waals surface area contributed by atoms with Gasteiger partial charge < -0.3 is 0 Å². The molecule has 3 heterocycles. The van der Waals surface area contributed by atoms with Crippen LogP contribution in [0.1, 0.15) is 33.6 Å². The number of aromatic nitrogens is 3. The smallest absolute Gasteiger partial charge is 0.213 e. The summed E-state index contributed by atoms with van der Waals surface area (Å²) >= 11 is 0. The van der Waals surface area contributed by atoms with E-state index in [1.54, 1.807) is 0 Å². The van der Waals surface area contributed by atoms with Crippen LogP contribution < -0.4 is 4.57 Å². The van der Waals surface area contributed by atoms with Crippen LogP contribution in [-0.4, -0.2) is 9.55 Å². The maximum atomic E-state index is 5.06. The summed E-state index contributed by atoms with van der Waals surface area (Å²) in [7, 11) is 2.19. The first-order chi connectivity index (χ1) is 15.0. The summed E-state index contributed by atoms with van der Waals surface area (Å²) in [6.45, 7) is 8.88. The van der Waals surface area contributed by atoms with Gasteiger partial charge in [-0.25, -0.2) is 4.98 Å². The Morgan fingerprint density at radius 2 is 1.68 bits per heavy atom. The first-order valence-corrected chi connectivity index (χ1v) is 10.9. The number of para-hydroxylation sites is 1. The molecule has 6 rings (SSSR count). The summed E-state index contributed by atoms with van der Waals surface area (Å²) in [6.07, 6.45) is 0.904. The number of benzene rings is 3. The Hall–Kier alpha value is -3.46. The van der Waals surface area contributed by atoms with Crippen molar-refractivity contribution in [1.29, 1.82) is 0 Å². The topological polar surface area (TPSA) is 21.7 Å². The zero-order valence-electron chi connectivity index (χ0n) is 18.7. The Balaban J connectivity index is 1.69. The van der Waals surface area contributed by atoms with E-state index in [2.05, 4.69) is 98.5 Å². The SMILES string of the molecule is Cc1c(-c2cc(C)c3c(C)cccc3[n+]2C)cc2c(nc3n2-c2ccccc2C3)c1C. The fourth-order valence-electron chi connectivity index (χ4n) is 5.42. The molecule has 0 bridgehead atoms. The van der Waals surface area contributed by atoms with Crippen molar-refractivity contribution < 1.29 is 4.57 Å². The van der Waals surface area contributed by atoms with Crippen LogP contribution in [0.2, 0.25) is 0 Å². The van der Waals surface area contributed by atoms with Crippen molar-refractivity contribution >= 4 is 21.9 Å². The molecule has 1 aliphatic heterocycles. The molecule has 3 nitrogen and oxygen atoms in total. The minimum Gasteiger partial charge on any atom is -0.296 e. The molecule has 5 aromatic rings. The highest BCUT2D eigenvalue weighted by Crippen LogP contribution is 2.37. The van der Waals surface area contributed by atoms with Gasteiger partial charge in [-0.05, 0) is 67.6 Å². The molecule has 2 aromatic heterocycles. The predicted molar refractivity (Wildman–Crippen MR) is 127 cm³/mol. The molecule has 0 radical (unpaired) electrons. The van der Waals surface area contributed by atoms with Crippen molar-refractivity contribution in [2.24, 2.45) is 7.05 Å². The average Bonchev–Trinajstić information content (AvgIpc) is 3.29. The molecule has 0 amide bonds. The average molecular weight is 405 g/mol. The third-order valence-corrected chi connectivity index (χ3v) is 7.16. The Bertz CT molecular complexity index is 1550. The largest absolute Gasteiger partial charge is 0.296 e. The van der Waals surface area contributed by atoms with E-state index >= 15 is 0 Å². The molecule has 0 aliphatic carbocycles. The van der Waals surface area contributed by atoms with Gasteiger partial charge in [-0.2, -0.15) is 4.57 Å². The minimum atomic E-state index is 0.904. The van der Waals surface area contributed by atoms with Gasteiger partial charge >= 0.3 is 0 Å². The van der Waals surface area contributed by atoms with Crippen molar-refractivity contribution in [1.82, 2.24) is 9.55 Å². The van der Waals surface area contributed by atoms with Gasteiger partial charge in [0.2, 0.25) is 11.2 Å². The van der Waals surface area contributed by atoms with E-state index in [0.717, 1.165) is 17.8 Å². The monoisotopic (exact) mass is 404 g/mol. The fraction of sp³-hybridized carbons (Fsp3) is 0.214. The van der Waals surface area contributed by atoms with Crippen molar-refractivity contribution in [2.75, 3.05) is 0 Å². The highest BCUT2D eigenvalue weighted by atomic mass is 15.1. The Morgan fingerprint density at radius 1 is 0.871 bits per heavy atom. The fourth-order valence-corrected chi connectivity index (χ4v) is 5.42. The molecule has 0 saturated heterocycles. The maximum absolute atomic E-state index is 5.06. The highest BCUT2D eigenvalue weighted by Gasteiger charge is 2.26. The summed E-state index contributed by atoms with van der Waals surface area (Å²) < 4.78 is 4.71. The quantitative estimate of drug-likeness (QED) is 0.317. The summed E-state index contributed by atoms with van der Waals surface area (Å²) in [5.41, 5.74) is 14.0. The second kappa shape index (κ2) is 6.27. The van der Waals surface area contributed by atoms with E-state index in [1.165, 1.54) is 61.2 Å². The Kier molecular flexibility index (Phi) is 3.71. The highest BCUT2D eigenvalue weighted by molar-refractivity contribution is 5.90. The van der Waals surface area contributed by atoms with Gasteiger partial charge in [0, 0.05) is 18.6 Å². The Morgan fingerprint density at radius 3 is 2.52 bits per heavy atom. The lowest BCUT2D eigenvalue weighted by Gasteiger charge is -2.13. The molecule has 1 aliphatic rings. The molecule has 3 heteroatoms. The van der Waals surface area contributed by atoms with E-state index in [0.29, 0.717) is 0 Å². The zero-order chi connectivity index (χ0) is 21.4. The molecule has 0 saturated carbocycles. The number of nitrogens with zero attached hydrogens (tertiary/aromatic N) is 3. The number of pyridine rings is 1. The summed E-state index contributed by atoms with van der Waals surface area (Å²) in [4.78, 5) is 5.06. The van der Waals surface area contributed by atoms with Crippen LogP contribution in [0.25, 0.3) is 38.9 Å². The number of hydrogen-bond acceptors (Lipinski definition) is 1. The van der Waals surface area contributed by atoms with Crippen LogP contribution in [0.5, 0.6) is 0 Å². The maximum Gasteiger partial charge on any atom is 0.213 e. The molecule has 0 spiro atoms. The van der Waals surface area contributed by atoms with Crippen LogP contribution in [0.3, 0.4) is 0 Å². The number of hydrogen-bond donors (Lipinski definition) is 0. The van der Waals surface area contributed by atoms with E-state index < -0.39 is 0 Å². The van der Waals surface area contributed by atoms with Gasteiger partial charge in [0.1, 0.15) is 12.9 Å². The lowest BCUT2D eigenvalue weighted by Crippen LogP contribution is -2.32. The third kappa shape index (κ3) is 2.40. The van der Waals surface area contributed by atoms with E-state index in [-0.39, 0.29) is 0 Å². The van der Waals surface area contributed by atoms with E-state index in [9.17, 15) is 0 Å². The predicted octanol–water partition coefficient (Wildman–Crippen LogP) is 5.81. The first-order valence-electron chi connectivity index (χ1n) is 10.9. The number of fused-ring (bicyclic) bond motifs is 6. The second-order valence-electron chi connectivity index (χ2n) is 8.95. The van der Waals surface area contributed by atoms with Crippen molar-refractivity contribution in [2.45, 2.75) is 34.1 Å². The normalized spacial score (nSPS) is 12.5. The molecule has 0 atom stereocenters. The van der Waals surface area contributed by atoms with Crippen molar-refractivity contribution in [3.05, 3.63) is 88.2 Å². The summed E-state index contributed by atoms with van der Waals surface area (Å²) in [6, 6.07) is 20.0. The van der Waals surface area contributed by atoms with Crippen LogP contribution in [0, 0.1) is 27.7 Å². The lowest BCUT2D eigenvalue weighted by molar-refractivity contribution is -0.633. The molecular weight excluding hydrogens is 378 g/mol. The zero-order valence-corrected chi connectivity index (χ0v) is 18.7. The van der Waals surface area contributed by atoms with Gasteiger partial charge in [-0.15, -0.1) is 0 Å². The van der Waals surface area contributed by atoms with Gasteiger partial charge in [-0.3, -0.25) is 4.57 Å². The van der Waals surface area contributed by atoms with Crippen LogP contribution in [-0.2, 0) is 13.5 Å². The van der Waals surface area contributed by atoms with Crippen LogP contribution in [0.4, 0.5) is 0 Å². The Labute approximate surface area is 182 Å². The number of imidazole rings is 1. The van der Waals surface area contributed by atoms with Gasteiger partial charge in [0.05, 0.1) is 27.7 Å². The van der Waals surface area contributed by atoms with Gasteiger partial charge in [0.15, 0.2) is 0 Å². The van der Waals surface area contributed by atoms with Crippen LogP contribution >= 0.6 is 0 Å². The van der Waals surface area contributed by atoms with E-state index in [4.69, 9.17) is 4.98 Å². The first kappa shape index (κ1) is 18.3. The van der Waals surface area contributed by atoms with Gasteiger partial charge in [-0.1, -0.05) is 30.3 Å². The molecule has 152 valence electrons. The van der Waals surface area contributed by atoms with Crippen molar-refractivity contribution in [3.8, 4) is 16.9 Å². The van der Waals surface area contributed by atoms with Gasteiger partial charge in [0.25, 0.3) is 0 Å². The molecular formula is C28H26N3+. The molecule has 0 N–H and O–H groups in total. The van der Waals surface area contributed by atoms with Crippen molar-refractivity contribution in [3.63, 3.8) is 0 Å². The lowest BCUT2D eigenvalue weighted by atomic mass is 9.95. The third-order valence-electron chi connectivity index (χ3n) is 7.16. The summed E-state index contributed by atoms with van der Waals surface area (Å²) in [5, 5.41) is 1.35. The second-order valence-corrected chi connectivity index (χ2v) is 8.95. The number of rotatable bonds is 1.